The SMILES string of the molecule is FC(F)(F)c1cccc(Oc2cccc(-c3nnc(CCCl)o3)n2)c1. The average molecular weight is 370 g/mol. The summed E-state index contributed by atoms with van der Waals surface area (Å²) in [6.45, 7) is 0. The van der Waals surface area contributed by atoms with Gasteiger partial charge in [-0.25, -0.2) is 4.98 Å². The van der Waals surface area contributed by atoms with Crippen LogP contribution >= 0.6 is 11.6 Å². The van der Waals surface area contributed by atoms with Crippen LogP contribution in [0.15, 0.2) is 46.9 Å². The molecule has 3 rings (SSSR count). The van der Waals surface area contributed by atoms with E-state index in [0.29, 0.717) is 23.9 Å². The summed E-state index contributed by atoms with van der Waals surface area (Å²) < 4.78 is 49.1. The van der Waals surface area contributed by atoms with E-state index >= 15 is 0 Å². The maximum atomic E-state index is 12.7. The zero-order valence-electron chi connectivity index (χ0n) is 12.6. The first kappa shape index (κ1) is 17.2. The van der Waals surface area contributed by atoms with Gasteiger partial charge in [-0.15, -0.1) is 21.8 Å². The summed E-state index contributed by atoms with van der Waals surface area (Å²) >= 11 is 5.61. The number of hydrogen-bond acceptors (Lipinski definition) is 5. The maximum absolute atomic E-state index is 12.7. The quantitative estimate of drug-likeness (QED) is 0.609. The highest BCUT2D eigenvalue weighted by Crippen LogP contribution is 2.32. The van der Waals surface area contributed by atoms with E-state index in [2.05, 4.69) is 15.2 Å². The monoisotopic (exact) mass is 369 g/mol. The molecule has 5 nitrogen and oxygen atoms in total. The molecule has 130 valence electrons. The molecule has 0 atom stereocenters. The molecule has 0 amide bonds. The summed E-state index contributed by atoms with van der Waals surface area (Å²) in [6, 6.07) is 9.30. The zero-order valence-corrected chi connectivity index (χ0v) is 13.4. The van der Waals surface area contributed by atoms with Crippen molar-refractivity contribution in [1.29, 1.82) is 0 Å². The molecule has 0 bridgehead atoms. The summed E-state index contributed by atoms with van der Waals surface area (Å²) in [5.74, 6) is 1.01. The van der Waals surface area contributed by atoms with E-state index in [-0.39, 0.29) is 17.5 Å². The molecule has 2 aromatic heterocycles. The van der Waals surface area contributed by atoms with E-state index in [1.165, 1.54) is 18.2 Å². The Bertz CT molecular complexity index is 868. The minimum atomic E-state index is -4.45. The normalized spacial score (nSPS) is 11.5. The molecule has 0 spiro atoms. The van der Waals surface area contributed by atoms with Crippen molar-refractivity contribution < 1.29 is 22.3 Å². The van der Waals surface area contributed by atoms with Gasteiger partial charge in [0.05, 0.1) is 5.56 Å². The summed E-state index contributed by atoms with van der Waals surface area (Å²) in [7, 11) is 0. The van der Waals surface area contributed by atoms with Gasteiger partial charge in [0.25, 0.3) is 5.89 Å². The lowest BCUT2D eigenvalue weighted by Gasteiger charge is -2.09. The number of pyridine rings is 1. The van der Waals surface area contributed by atoms with Crippen LogP contribution in [0, 0.1) is 0 Å². The van der Waals surface area contributed by atoms with E-state index in [1.807, 2.05) is 0 Å². The topological polar surface area (TPSA) is 61.0 Å². The van der Waals surface area contributed by atoms with Crippen LogP contribution in [0.1, 0.15) is 11.5 Å². The van der Waals surface area contributed by atoms with Crippen molar-refractivity contribution in [3.05, 3.63) is 53.9 Å². The highest BCUT2D eigenvalue weighted by atomic mass is 35.5. The van der Waals surface area contributed by atoms with Crippen molar-refractivity contribution >= 4 is 11.6 Å². The molecule has 1 aromatic carbocycles. The van der Waals surface area contributed by atoms with Crippen molar-refractivity contribution in [2.24, 2.45) is 0 Å². The predicted octanol–water partition coefficient (Wildman–Crippen LogP) is 4.72. The lowest BCUT2D eigenvalue weighted by Crippen LogP contribution is -2.04. The highest BCUT2D eigenvalue weighted by Gasteiger charge is 2.30. The van der Waals surface area contributed by atoms with Crippen LogP contribution in [-0.4, -0.2) is 21.1 Å². The fourth-order valence-corrected chi connectivity index (χ4v) is 2.15. The number of aryl methyl sites for hydroxylation is 1. The Hall–Kier alpha value is -2.61. The fourth-order valence-electron chi connectivity index (χ4n) is 1.99. The van der Waals surface area contributed by atoms with Crippen LogP contribution in [-0.2, 0) is 12.6 Å². The molecule has 0 N–H and O–H groups in total. The standard InChI is InChI=1S/C16H11ClF3N3O2/c17-8-7-14-22-23-15(25-14)12-5-2-6-13(21-12)24-11-4-1-3-10(9-11)16(18,19)20/h1-6,9H,7-8H2. The van der Waals surface area contributed by atoms with E-state index in [0.717, 1.165) is 12.1 Å². The van der Waals surface area contributed by atoms with Gasteiger partial charge in [-0.2, -0.15) is 13.2 Å². The van der Waals surface area contributed by atoms with Gasteiger partial charge in [0.2, 0.25) is 11.8 Å². The predicted molar refractivity (Wildman–Crippen MR) is 83.5 cm³/mol. The summed E-state index contributed by atoms with van der Waals surface area (Å²) in [5, 5.41) is 7.69. The second kappa shape index (κ2) is 7.10. The molecule has 0 saturated carbocycles. The Labute approximate surface area is 145 Å². The molecule has 0 aliphatic rings. The number of aromatic nitrogens is 3. The Morgan fingerprint density at radius 1 is 1.08 bits per heavy atom. The van der Waals surface area contributed by atoms with Crippen LogP contribution in [0.2, 0.25) is 0 Å². The van der Waals surface area contributed by atoms with E-state index in [4.69, 9.17) is 20.8 Å². The Morgan fingerprint density at radius 3 is 2.64 bits per heavy atom. The van der Waals surface area contributed by atoms with Crippen LogP contribution in [0.5, 0.6) is 11.6 Å². The van der Waals surface area contributed by atoms with Crippen LogP contribution in [0.4, 0.5) is 13.2 Å². The zero-order chi connectivity index (χ0) is 17.9. The van der Waals surface area contributed by atoms with Crippen molar-refractivity contribution in [1.82, 2.24) is 15.2 Å². The summed E-state index contributed by atoms with van der Waals surface area (Å²) in [5.41, 5.74) is -0.457. The maximum Gasteiger partial charge on any atom is 0.416 e. The van der Waals surface area contributed by atoms with Crippen LogP contribution in [0.3, 0.4) is 0 Å². The third-order valence-corrected chi connectivity index (χ3v) is 3.29. The van der Waals surface area contributed by atoms with Crippen LogP contribution < -0.4 is 4.74 Å². The fraction of sp³-hybridized carbons (Fsp3) is 0.188. The number of alkyl halides is 4. The van der Waals surface area contributed by atoms with Gasteiger partial charge in [-0.05, 0) is 24.3 Å². The lowest BCUT2D eigenvalue weighted by atomic mass is 10.2. The summed E-state index contributed by atoms with van der Waals surface area (Å²) in [6.07, 6.45) is -4.02. The molecule has 25 heavy (non-hydrogen) atoms. The molecule has 0 aliphatic heterocycles. The van der Waals surface area contributed by atoms with Gasteiger partial charge < -0.3 is 9.15 Å². The number of halogens is 4. The third-order valence-electron chi connectivity index (χ3n) is 3.10. The molecular formula is C16H11ClF3N3O2. The number of hydrogen-bond donors (Lipinski definition) is 0. The first-order valence-corrected chi connectivity index (χ1v) is 7.70. The average Bonchev–Trinajstić information content (AvgIpc) is 3.04. The molecule has 2 heterocycles. The first-order chi connectivity index (χ1) is 12.0. The largest absolute Gasteiger partial charge is 0.439 e. The van der Waals surface area contributed by atoms with Crippen LogP contribution in [0.25, 0.3) is 11.6 Å². The number of rotatable bonds is 5. The van der Waals surface area contributed by atoms with E-state index < -0.39 is 11.7 Å². The number of ether oxygens (including phenoxy) is 1. The number of benzene rings is 1. The number of nitrogens with zero attached hydrogens (tertiary/aromatic N) is 3. The molecule has 0 fully saturated rings. The third kappa shape index (κ3) is 4.27. The van der Waals surface area contributed by atoms with Crippen molar-refractivity contribution in [2.75, 3.05) is 5.88 Å². The van der Waals surface area contributed by atoms with Gasteiger partial charge in [0.15, 0.2) is 0 Å². The molecule has 0 aliphatic carbocycles. The van der Waals surface area contributed by atoms with Gasteiger partial charge in [0.1, 0.15) is 11.4 Å². The van der Waals surface area contributed by atoms with Crippen molar-refractivity contribution in [3.8, 4) is 23.2 Å². The second-order valence-corrected chi connectivity index (χ2v) is 5.31. The highest BCUT2D eigenvalue weighted by molar-refractivity contribution is 6.17. The molecular weight excluding hydrogens is 359 g/mol. The van der Waals surface area contributed by atoms with Gasteiger partial charge in [-0.1, -0.05) is 12.1 Å². The lowest BCUT2D eigenvalue weighted by molar-refractivity contribution is -0.137. The second-order valence-electron chi connectivity index (χ2n) is 4.93. The molecule has 0 saturated heterocycles. The molecule has 9 heteroatoms. The molecule has 0 unspecified atom stereocenters. The van der Waals surface area contributed by atoms with Crippen molar-refractivity contribution in [2.45, 2.75) is 12.6 Å². The first-order valence-electron chi connectivity index (χ1n) is 7.16. The minimum Gasteiger partial charge on any atom is -0.439 e. The van der Waals surface area contributed by atoms with E-state index in [1.54, 1.807) is 12.1 Å². The van der Waals surface area contributed by atoms with Gasteiger partial charge in [0, 0.05) is 18.4 Å². The Morgan fingerprint density at radius 2 is 1.88 bits per heavy atom. The summed E-state index contributed by atoms with van der Waals surface area (Å²) in [4.78, 5) is 4.17. The Balaban J connectivity index is 1.82. The molecule has 3 aromatic rings. The van der Waals surface area contributed by atoms with Gasteiger partial charge in [-0.3, -0.25) is 0 Å². The minimum absolute atomic E-state index is 0.0211. The van der Waals surface area contributed by atoms with Gasteiger partial charge >= 0.3 is 6.18 Å². The van der Waals surface area contributed by atoms with Crippen molar-refractivity contribution in [3.63, 3.8) is 0 Å². The van der Waals surface area contributed by atoms with E-state index in [9.17, 15) is 13.2 Å². The molecule has 0 radical (unpaired) electrons. The smallest absolute Gasteiger partial charge is 0.416 e. The Kier molecular flexibility index (Phi) is 4.89.